The molecule has 2 aromatic carbocycles. The molecule has 4 rings (SSSR count). The van der Waals surface area contributed by atoms with Crippen LogP contribution >= 0.6 is 0 Å². The van der Waals surface area contributed by atoms with Gasteiger partial charge in [-0.1, -0.05) is 12.1 Å². The van der Waals surface area contributed by atoms with Gasteiger partial charge in [-0.3, -0.25) is 10.9 Å². The summed E-state index contributed by atoms with van der Waals surface area (Å²) in [6, 6.07) is 12.5. The molecule has 4 N–H and O–H groups in total. The average Bonchev–Trinajstić information content (AvgIpc) is 2.78. The molecule has 3 aromatic rings. The first-order chi connectivity index (χ1) is 14.4. The lowest BCUT2D eigenvalue weighted by Crippen LogP contribution is -2.33. The minimum absolute atomic E-state index is 0.198. The van der Waals surface area contributed by atoms with Gasteiger partial charge in [-0.05, 0) is 49.0 Å². The smallest absolute Gasteiger partial charge is 0.240 e. The third-order valence-electron chi connectivity index (χ3n) is 4.37. The summed E-state index contributed by atoms with van der Waals surface area (Å²) >= 11 is 0. The third-order valence-corrected chi connectivity index (χ3v) is 5.80. The van der Waals surface area contributed by atoms with E-state index < -0.39 is 10.0 Å². The van der Waals surface area contributed by atoms with Crippen molar-refractivity contribution < 1.29 is 12.8 Å². The highest BCUT2D eigenvalue weighted by Crippen LogP contribution is 2.26. The molecule has 0 fully saturated rings. The normalized spacial score (nSPS) is 12.9. The van der Waals surface area contributed by atoms with Gasteiger partial charge in [0.2, 0.25) is 16.0 Å². The molecule has 0 radical (unpaired) electrons. The van der Waals surface area contributed by atoms with Crippen molar-refractivity contribution in [2.45, 2.75) is 11.4 Å². The SMILES string of the molecule is CNS(=O)(=O)c1ccc(CNc2ncc3c(n2)NNC(c2ccc(F)cc2)=N3)cc1. The fourth-order valence-corrected chi connectivity index (χ4v) is 3.46. The van der Waals surface area contributed by atoms with Gasteiger partial charge < -0.3 is 5.32 Å². The molecular formula is C19H18FN7O2S. The molecule has 154 valence electrons. The molecule has 9 nitrogen and oxygen atoms in total. The summed E-state index contributed by atoms with van der Waals surface area (Å²) in [5, 5.41) is 3.09. The monoisotopic (exact) mass is 427 g/mol. The van der Waals surface area contributed by atoms with E-state index in [9.17, 15) is 12.8 Å². The van der Waals surface area contributed by atoms with Gasteiger partial charge in [-0.25, -0.2) is 27.5 Å². The van der Waals surface area contributed by atoms with Crippen molar-refractivity contribution in [2.24, 2.45) is 4.99 Å². The number of hydrogen-bond donors (Lipinski definition) is 4. The van der Waals surface area contributed by atoms with Gasteiger partial charge >= 0.3 is 0 Å². The Bertz CT molecular complexity index is 1200. The summed E-state index contributed by atoms with van der Waals surface area (Å²) < 4.78 is 38.9. The number of hydrazine groups is 1. The molecule has 1 aliphatic rings. The van der Waals surface area contributed by atoms with Crippen LogP contribution in [-0.2, 0) is 16.6 Å². The molecule has 0 saturated carbocycles. The molecule has 0 aliphatic carbocycles. The van der Waals surface area contributed by atoms with Crippen LogP contribution in [0.1, 0.15) is 11.1 Å². The predicted molar refractivity (Wildman–Crippen MR) is 111 cm³/mol. The van der Waals surface area contributed by atoms with Crippen LogP contribution in [0.2, 0.25) is 0 Å². The zero-order chi connectivity index (χ0) is 21.1. The fraction of sp³-hybridized carbons (Fsp3) is 0.105. The highest BCUT2D eigenvalue weighted by atomic mass is 32.2. The summed E-state index contributed by atoms with van der Waals surface area (Å²) in [6.07, 6.45) is 1.57. The van der Waals surface area contributed by atoms with Gasteiger partial charge in [0.15, 0.2) is 11.7 Å². The fourth-order valence-electron chi connectivity index (χ4n) is 2.73. The van der Waals surface area contributed by atoms with E-state index in [-0.39, 0.29) is 10.7 Å². The number of fused-ring (bicyclic) bond motifs is 1. The van der Waals surface area contributed by atoms with Gasteiger partial charge in [0.1, 0.15) is 11.5 Å². The standard InChI is InChI=1S/C19H18FN7O2S/c1-21-30(28,29)15-8-2-12(3-9-15)10-22-19-23-11-16-18(25-19)27-26-17(24-16)13-4-6-14(20)7-5-13/h2-9,11,21H,10H2,1H3,(H,24,26)(H2,22,23,25,27). The lowest BCUT2D eigenvalue weighted by Gasteiger charge is -2.19. The third kappa shape index (κ3) is 4.21. The van der Waals surface area contributed by atoms with E-state index >= 15 is 0 Å². The second-order valence-corrected chi connectivity index (χ2v) is 8.24. The maximum Gasteiger partial charge on any atom is 0.240 e. The maximum absolute atomic E-state index is 13.1. The van der Waals surface area contributed by atoms with Gasteiger partial charge in [0.25, 0.3) is 0 Å². The first kappa shape index (κ1) is 19.7. The van der Waals surface area contributed by atoms with Crippen LogP contribution in [0.4, 0.5) is 21.8 Å². The number of amidine groups is 1. The Morgan fingerprint density at radius 3 is 2.47 bits per heavy atom. The van der Waals surface area contributed by atoms with Gasteiger partial charge in [-0.2, -0.15) is 4.98 Å². The Kier molecular flexibility index (Phi) is 5.29. The second-order valence-electron chi connectivity index (χ2n) is 6.35. The average molecular weight is 427 g/mol. The summed E-state index contributed by atoms with van der Waals surface area (Å²) in [5.41, 5.74) is 8.02. The zero-order valence-corrected chi connectivity index (χ0v) is 16.7. The Hall–Kier alpha value is -3.57. The molecular weight excluding hydrogens is 409 g/mol. The molecule has 0 amide bonds. The Morgan fingerprint density at radius 1 is 1.03 bits per heavy atom. The van der Waals surface area contributed by atoms with Crippen molar-refractivity contribution in [1.29, 1.82) is 0 Å². The molecule has 0 bridgehead atoms. The van der Waals surface area contributed by atoms with Crippen molar-refractivity contribution in [3.05, 3.63) is 71.7 Å². The first-order valence-corrected chi connectivity index (χ1v) is 10.4. The number of hydrogen-bond acceptors (Lipinski definition) is 8. The van der Waals surface area contributed by atoms with Gasteiger partial charge in [0, 0.05) is 12.1 Å². The zero-order valence-electron chi connectivity index (χ0n) is 15.8. The van der Waals surface area contributed by atoms with E-state index in [4.69, 9.17) is 0 Å². The Morgan fingerprint density at radius 2 is 1.77 bits per heavy atom. The Labute approximate surface area is 172 Å². The minimum Gasteiger partial charge on any atom is -0.350 e. The molecule has 0 atom stereocenters. The van der Waals surface area contributed by atoms with Crippen LogP contribution in [0, 0.1) is 5.82 Å². The molecule has 2 heterocycles. The number of nitrogens with one attached hydrogen (secondary N) is 4. The number of halogens is 1. The minimum atomic E-state index is -3.46. The van der Waals surface area contributed by atoms with Crippen molar-refractivity contribution in [3.63, 3.8) is 0 Å². The second kappa shape index (κ2) is 8.05. The van der Waals surface area contributed by atoms with E-state index in [0.29, 0.717) is 29.8 Å². The number of benzene rings is 2. The molecule has 1 aromatic heterocycles. The van der Waals surface area contributed by atoms with E-state index in [1.807, 2.05) is 0 Å². The molecule has 0 spiro atoms. The topological polar surface area (TPSA) is 120 Å². The van der Waals surface area contributed by atoms with Crippen LogP contribution in [0.25, 0.3) is 0 Å². The first-order valence-electron chi connectivity index (χ1n) is 8.95. The summed E-state index contributed by atoms with van der Waals surface area (Å²) in [4.78, 5) is 13.3. The highest BCUT2D eigenvalue weighted by molar-refractivity contribution is 7.89. The summed E-state index contributed by atoms with van der Waals surface area (Å²) in [5.74, 6) is 1.09. The number of nitrogens with zero attached hydrogens (tertiary/aromatic N) is 3. The molecule has 30 heavy (non-hydrogen) atoms. The van der Waals surface area contributed by atoms with Crippen LogP contribution in [0.3, 0.4) is 0 Å². The van der Waals surface area contributed by atoms with E-state index in [0.717, 1.165) is 11.1 Å². The number of aromatic nitrogens is 2. The number of aliphatic imine (C=N–C) groups is 1. The quantitative estimate of drug-likeness (QED) is 0.476. The molecule has 11 heteroatoms. The van der Waals surface area contributed by atoms with Crippen molar-refractivity contribution >= 4 is 33.3 Å². The number of sulfonamides is 1. The van der Waals surface area contributed by atoms with Crippen LogP contribution in [0.15, 0.2) is 64.6 Å². The number of rotatable bonds is 6. The van der Waals surface area contributed by atoms with Gasteiger partial charge in [0.05, 0.1) is 11.1 Å². The van der Waals surface area contributed by atoms with Crippen molar-refractivity contribution in [2.75, 3.05) is 17.8 Å². The molecule has 0 unspecified atom stereocenters. The van der Waals surface area contributed by atoms with E-state index in [2.05, 4.69) is 35.9 Å². The largest absolute Gasteiger partial charge is 0.350 e. The van der Waals surface area contributed by atoms with Crippen molar-refractivity contribution in [3.8, 4) is 0 Å². The summed E-state index contributed by atoms with van der Waals surface area (Å²) in [6.45, 7) is 0.413. The maximum atomic E-state index is 13.1. The van der Waals surface area contributed by atoms with E-state index in [1.54, 1.807) is 30.5 Å². The Balaban J connectivity index is 1.45. The lowest BCUT2D eigenvalue weighted by atomic mass is 10.2. The molecule has 1 aliphatic heterocycles. The lowest BCUT2D eigenvalue weighted by molar-refractivity contribution is 0.588. The van der Waals surface area contributed by atoms with Crippen LogP contribution in [-0.4, -0.2) is 31.3 Å². The van der Waals surface area contributed by atoms with Gasteiger partial charge in [-0.15, -0.1) is 0 Å². The van der Waals surface area contributed by atoms with E-state index in [1.165, 1.54) is 31.3 Å². The summed E-state index contributed by atoms with van der Waals surface area (Å²) in [7, 11) is -2.09. The van der Waals surface area contributed by atoms with Crippen molar-refractivity contribution in [1.82, 2.24) is 20.1 Å². The van der Waals surface area contributed by atoms with Crippen LogP contribution in [0.5, 0.6) is 0 Å². The highest BCUT2D eigenvalue weighted by Gasteiger charge is 2.15. The van der Waals surface area contributed by atoms with Crippen LogP contribution < -0.4 is 20.9 Å². The predicted octanol–water partition coefficient (Wildman–Crippen LogP) is 2.14. The number of anilines is 2. The molecule has 0 saturated heterocycles.